The minimum Gasteiger partial charge on any atom is -0.151 e. The van der Waals surface area contributed by atoms with Gasteiger partial charge >= 0.3 is 0 Å². The summed E-state index contributed by atoms with van der Waals surface area (Å²) < 4.78 is 0. The third-order valence-corrected chi connectivity index (χ3v) is 4.60. The fourth-order valence-electron chi connectivity index (χ4n) is 2.93. The summed E-state index contributed by atoms with van der Waals surface area (Å²) in [6.07, 6.45) is 8.39. The largest absolute Gasteiger partial charge is 0.151 e. The molecule has 4 rings (SSSR count). The van der Waals surface area contributed by atoms with Gasteiger partial charge in [-0.2, -0.15) is 10.2 Å². The summed E-state index contributed by atoms with van der Waals surface area (Å²) in [5.74, 6) is 0. The fourth-order valence-corrected chi connectivity index (χ4v) is 2.93. The molecule has 2 heteroatoms. The SMILES string of the molecule is C(=C/c1ccc(N=Nc2ccc(/C=C/c3ccccc3)cc2)cc1)/c1ccccc1. The van der Waals surface area contributed by atoms with E-state index in [2.05, 4.69) is 58.8 Å². The molecule has 0 aliphatic carbocycles. The number of nitrogens with zero attached hydrogens (tertiary/aromatic N) is 2. The van der Waals surface area contributed by atoms with E-state index in [0.29, 0.717) is 0 Å². The van der Waals surface area contributed by atoms with E-state index < -0.39 is 0 Å². The monoisotopic (exact) mass is 386 g/mol. The van der Waals surface area contributed by atoms with Gasteiger partial charge in [-0.1, -0.05) is 109 Å². The molecular formula is C28H22N2. The number of benzene rings is 4. The van der Waals surface area contributed by atoms with Crippen molar-refractivity contribution in [3.63, 3.8) is 0 Å². The fraction of sp³-hybridized carbons (Fsp3) is 0. The van der Waals surface area contributed by atoms with Crippen LogP contribution in [0, 0.1) is 0 Å². The molecule has 0 spiro atoms. The van der Waals surface area contributed by atoms with Crippen LogP contribution in [0.1, 0.15) is 22.3 Å². The maximum Gasteiger partial charge on any atom is 0.0857 e. The molecule has 30 heavy (non-hydrogen) atoms. The van der Waals surface area contributed by atoms with E-state index >= 15 is 0 Å². The zero-order valence-corrected chi connectivity index (χ0v) is 16.6. The maximum absolute atomic E-state index is 4.34. The lowest BCUT2D eigenvalue weighted by Gasteiger charge is -1.98. The first-order chi connectivity index (χ1) is 14.8. The topological polar surface area (TPSA) is 24.7 Å². The van der Waals surface area contributed by atoms with E-state index in [9.17, 15) is 0 Å². The molecule has 4 aromatic rings. The lowest BCUT2D eigenvalue weighted by molar-refractivity contribution is 1.23. The highest BCUT2D eigenvalue weighted by Crippen LogP contribution is 2.20. The Bertz CT molecular complexity index is 1040. The normalized spacial score (nSPS) is 11.6. The Labute approximate surface area is 177 Å². The summed E-state index contributed by atoms with van der Waals surface area (Å²) >= 11 is 0. The van der Waals surface area contributed by atoms with Gasteiger partial charge in [0, 0.05) is 0 Å². The number of azo groups is 1. The van der Waals surface area contributed by atoms with Crippen LogP contribution in [0.2, 0.25) is 0 Å². The second-order valence-electron chi connectivity index (χ2n) is 6.87. The lowest BCUT2D eigenvalue weighted by Crippen LogP contribution is -1.73. The Kier molecular flexibility index (Phi) is 6.39. The van der Waals surface area contributed by atoms with E-state index in [1.54, 1.807) is 0 Å². The first-order valence-electron chi connectivity index (χ1n) is 9.93. The van der Waals surface area contributed by atoms with Crippen molar-refractivity contribution in [2.75, 3.05) is 0 Å². The average molecular weight is 386 g/mol. The first kappa shape index (κ1) is 19.3. The van der Waals surface area contributed by atoms with Crippen molar-refractivity contribution in [2.24, 2.45) is 10.2 Å². The minimum atomic E-state index is 0.833. The van der Waals surface area contributed by atoms with Crippen LogP contribution in [0.15, 0.2) is 119 Å². The zero-order chi connectivity index (χ0) is 20.4. The van der Waals surface area contributed by atoms with Crippen LogP contribution in [-0.4, -0.2) is 0 Å². The Morgan fingerprint density at radius 2 is 0.633 bits per heavy atom. The standard InChI is InChI=1S/C28H22N2/c1-3-7-23(8-4-1)11-13-25-15-19-27(20-16-25)29-30-28-21-17-26(18-22-28)14-12-24-9-5-2-6-10-24/h1-22H/b13-11-,14-12+,30-29?. The summed E-state index contributed by atoms with van der Waals surface area (Å²) in [5.41, 5.74) is 6.30. The summed E-state index contributed by atoms with van der Waals surface area (Å²) in [6.45, 7) is 0. The van der Waals surface area contributed by atoms with E-state index in [-0.39, 0.29) is 0 Å². The van der Waals surface area contributed by atoms with Crippen molar-refractivity contribution >= 4 is 35.7 Å². The predicted molar refractivity (Wildman–Crippen MR) is 128 cm³/mol. The van der Waals surface area contributed by atoms with E-state index in [0.717, 1.165) is 22.5 Å². The molecule has 0 aromatic heterocycles. The molecular weight excluding hydrogens is 364 g/mol. The van der Waals surface area contributed by atoms with E-state index in [1.165, 1.54) is 11.1 Å². The third-order valence-electron chi connectivity index (χ3n) is 4.60. The van der Waals surface area contributed by atoms with Crippen molar-refractivity contribution in [3.05, 3.63) is 131 Å². The van der Waals surface area contributed by atoms with Crippen molar-refractivity contribution in [3.8, 4) is 0 Å². The molecule has 0 saturated carbocycles. The van der Waals surface area contributed by atoms with Gasteiger partial charge in [0.15, 0.2) is 0 Å². The molecule has 0 saturated heterocycles. The number of hydrogen-bond acceptors (Lipinski definition) is 2. The predicted octanol–water partition coefficient (Wildman–Crippen LogP) is 8.44. The second-order valence-corrected chi connectivity index (χ2v) is 6.87. The van der Waals surface area contributed by atoms with Crippen molar-refractivity contribution < 1.29 is 0 Å². The molecule has 0 unspecified atom stereocenters. The zero-order valence-electron chi connectivity index (χ0n) is 16.6. The average Bonchev–Trinajstić information content (AvgIpc) is 2.83. The molecule has 4 aromatic carbocycles. The highest BCUT2D eigenvalue weighted by atomic mass is 15.1. The molecule has 0 bridgehead atoms. The minimum absolute atomic E-state index is 0.833. The molecule has 0 fully saturated rings. The summed E-state index contributed by atoms with van der Waals surface area (Å²) in [6, 6.07) is 36.6. The van der Waals surface area contributed by atoms with Crippen LogP contribution < -0.4 is 0 Å². The van der Waals surface area contributed by atoms with Gasteiger partial charge in [-0.05, 0) is 46.5 Å². The van der Waals surface area contributed by atoms with Gasteiger partial charge in [0.2, 0.25) is 0 Å². The molecule has 2 nitrogen and oxygen atoms in total. The van der Waals surface area contributed by atoms with Crippen LogP contribution in [-0.2, 0) is 0 Å². The quantitative estimate of drug-likeness (QED) is 0.235. The Morgan fingerprint density at radius 1 is 0.333 bits per heavy atom. The molecule has 0 aliphatic heterocycles. The van der Waals surface area contributed by atoms with Gasteiger partial charge in [-0.15, -0.1) is 0 Å². The molecule has 144 valence electrons. The number of rotatable bonds is 6. The van der Waals surface area contributed by atoms with Crippen LogP contribution in [0.5, 0.6) is 0 Å². The summed E-state index contributed by atoms with van der Waals surface area (Å²) in [7, 11) is 0. The van der Waals surface area contributed by atoms with Gasteiger partial charge in [0.25, 0.3) is 0 Å². The van der Waals surface area contributed by atoms with Gasteiger partial charge < -0.3 is 0 Å². The van der Waals surface area contributed by atoms with E-state index in [1.807, 2.05) is 84.9 Å². The molecule has 0 radical (unpaired) electrons. The Balaban J connectivity index is 1.36. The smallest absolute Gasteiger partial charge is 0.0857 e. The summed E-state index contributed by atoms with van der Waals surface area (Å²) in [5, 5.41) is 8.68. The highest BCUT2D eigenvalue weighted by molar-refractivity contribution is 5.71. The van der Waals surface area contributed by atoms with Crippen LogP contribution >= 0.6 is 0 Å². The van der Waals surface area contributed by atoms with Gasteiger partial charge in [-0.3, -0.25) is 0 Å². The third kappa shape index (κ3) is 5.73. The van der Waals surface area contributed by atoms with Crippen LogP contribution in [0.4, 0.5) is 11.4 Å². The van der Waals surface area contributed by atoms with E-state index in [4.69, 9.17) is 0 Å². The first-order valence-corrected chi connectivity index (χ1v) is 9.93. The molecule has 0 atom stereocenters. The molecule has 0 N–H and O–H groups in total. The Morgan fingerprint density at radius 3 is 0.967 bits per heavy atom. The van der Waals surface area contributed by atoms with Crippen molar-refractivity contribution in [2.45, 2.75) is 0 Å². The van der Waals surface area contributed by atoms with Crippen molar-refractivity contribution in [1.82, 2.24) is 0 Å². The molecule has 0 amide bonds. The second kappa shape index (κ2) is 9.94. The molecule has 0 heterocycles. The molecule has 0 aliphatic rings. The number of hydrogen-bond donors (Lipinski definition) is 0. The maximum atomic E-state index is 4.34. The highest BCUT2D eigenvalue weighted by Gasteiger charge is 1.94. The lowest BCUT2D eigenvalue weighted by atomic mass is 10.1. The van der Waals surface area contributed by atoms with Gasteiger partial charge in [0.05, 0.1) is 11.4 Å². The van der Waals surface area contributed by atoms with Crippen LogP contribution in [0.3, 0.4) is 0 Å². The van der Waals surface area contributed by atoms with Gasteiger partial charge in [0.1, 0.15) is 0 Å². The Hall–Kier alpha value is -4.04. The van der Waals surface area contributed by atoms with Crippen molar-refractivity contribution in [1.29, 1.82) is 0 Å². The van der Waals surface area contributed by atoms with Gasteiger partial charge in [-0.25, -0.2) is 0 Å². The summed E-state index contributed by atoms with van der Waals surface area (Å²) in [4.78, 5) is 0. The van der Waals surface area contributed by atoms with Crippen LogP contribution in [0.25, 0.3) is 24.3 Å².